The Morgan fingerprint density at radius 3 is 1.14 bits per heavy atom. The van der Waals surface area contributed by atoms with Gasteiger partial charge in [-0.05, 0) is 38.9 Å². The average Bonchev–Trinajstić information content (AvgIpc) is 2.53. The van der Waals surface area contributed by atoms with Crippen molar-refractivity contribution in [3.8, 4) is 0 Å². The summed E-state index contributed by atoms with van der Waals surface area (Å²) in [6.07, 6.45) is 13.2. The van der Waals surface area contributed by atoms with Crippen molar-refractivity contribution in [2.24, 2.45) is 17.2 Å². The highest BCUT2D eigenvalue weighted by Crippen LogP contribution is 2.33. The van der Waals surface area contributed by atoms with E-state index < -0.39 is 8.07 Å². The van der Waals surface area contributed by atoms with Gasteiger partial charge in [-0.15, -0.1) is 0 Å². The predicted molar refractivity (Wildman–Crippen MR) is 104 cm³/mol. The molecule has 4 heteroatoms. The Balaban J connectivity index is 4.39. The molecule has 0 spiro atoms. The Morgan fingerprint density at radius 1 is 0.500 bits per heavy atom. The standard InChI is InChI=1S/C18H43N3Si/c1-2-15-22(16-9-3-6-12-19,17-10-4-7-13-20)18-11-5-8-14-21/h2-21H2,1H3. The topological polar surface area (TPSA) is 78.1 Å². The zero-order chi connectivity index (χ0) is 16.5. The number of rotatable bonds is 17. The Labute approximate surface area is 140 Å². The van der Waals surface area contributed by atoms with Gasteiger partial charge in [0, 0.05) is 0 Å². The molecule has 0 aromatic carbocycles. The predicted octanol–water partition coefficient (Wildman–Crippen LogP) is 4.23. The minimum atomic E-state index is -1.07. The SMILES string of the molecule is CCC[Si](CCCCCN)(CCCCCN)CCCCCN. The second kappa shape index (κ2) is 16.0. The molecular formula is C18H43N3Si. The molecule has 0 heterocycles. The molecule has 0 aliphatic carbocycles. The van der Waals surface area contributed by atoms with Crippen LogP contribution in [0.15, 0.2) is 0 Å². The van der Waals surface area contributed by atoms with Gasteiger partial charge in [-0.3, -0.25) is 0 Å². The molecule has 0 aliphatic heterocycles. The van der Waals surface area contributed by atoms with Crippen LogP contribution in [0.2, 0.25) is 24.2 Å². The van der Waals surface area contributed by atoms with Gasteiger partial charge in [-0.2, -0.15) is 0 Å². The maximum absolute atomic E-state index is 5.65. The number of hydrogen-bond acceptors (Lipinski definition) is 3. The van der Waals surface area contributed by atoms with Gasteiger partial charge in [-0.25, -0.2) is 0 Å². The molecule has 6 N–H and O–H groups in total. The lowest BCUT2D eigenvalue weighted by molar-refractivity contribution is 0.679. The fourth-order valence-electron chi connectivity index (χ4n) is 3.74. The van der Waals surface area contributed by atoms with Crippen LogP contribution < -0.4 is 17.2 Å². The molecule has 0 saturated carbocycles. The van der Waals surface area contributed by atoms with E-state index in [-0.39, 0.29) is 0 Å². The lowest BCUT2D eigenvalue weighted by atomic mass is 10.2. The van der Waals surface area contributed by atoms with Gasteiger partial charge in [0.15, 0.2) is 0 Å². The molecular weight excluding hydrogens is 286 g/mol. The minimum absolute atomic E-state index is 0.856. The first-order chi connectivity index (χ1) is 10.7. The van der Waals surface area contributed by atoms with Crippen LogP contribution in [0, 0.1) is 0 Å². The first-order valence-electron chi connectivity index (χ1n) is 9.85. The Hall–Kier alpha value is 0.0969. The van der Waals surface area contributed by atoms with Crippen molar-refractivity contribution in [2.75, 3.05) is 19.6 Å². The number of nitrogens with two attached hydrogens (primary N) is 3. The maximum Gasteiger partial charge on any atom is 0.0535 e. The van der Waals surface area contributed by atoms with Gasteiger partial charge in [0.25, 0.3) is 0 Å². The molecule has 0 bridgehead atoms. The molecule has 0 atom stereocenters. The van der Waals surface area contributed by atoms with Crippen LogP contribution in [0.5, 0.6) is 0 Å². The van der Waals surface area contributed by atoms with Gasteiger partial charge in [0.1, 0.15) is 0 Å². The maximum atomic E-state index is 5.65. The van der Waals surface area contributed by atoms with Crippen molar-refractivity contribution in [3.05, 3.63) is 0 Å². The molecule has 0 unspecified atom stereocenters. The normalized spacial score (nSPS) is 12.0. The van der Waals surface area contributed by atoms with Crippen molar-refractivity contribution in [3.63, 3.8) is 0 Å². The molecule has 134 valence electrons. The summed E-state index contributed by atoms with van der Waals surface area (Å²) in [6, 6.07) is 6.13. The highest BCUT2D eigenvalue weighted by Gasteiger charge is 2.29. The summed E-state index contributed by atoms with van der Waals surface area (Å²) in [4.78, 5) is 0. The molecule has 0 radical (unpaired) electrons. The second-order valence-electron chi connectivity index (χ2n) is 7.05. The van der Waals surface area contributed by atoms with E-state index in [2.05, 4.69) is 6.92 Å². The molecule has 0 rings (SSSR count). The van der Waals surface area contributed by atoms with Crippen molar-refractivity contribution in [1.29, 1.82) is 0 Å². The van der Waals surface area contributed by atoms with Gasteiger partial charge in [0.05, 0.1) is 8.07 Å². The molecule has 0 amide bonds. The summed E-state index contributed by atoms with van der Waals surface area (Å²) in [6.45, 7) is 4.95. The van der Waals surface area contributed by atoms with Crippen LogP contribution in [0.4, 0.5) is 0 Å². The first-order valence-corrected chi connectivity index (χ1v) is 12.7. The summed E-state index contributed by atoms with van der Waals surface area (Å²) >= 11 is 0. The lowest BCUT2D eigenvalue weighted by Gasteiger charge is -2.32. The van der Waals surface area contributed by atoms with E-state index in [9.17, 15) is 0 Å². The first kappa shape index (κ1) is 22.1. The fourth-order valence-corrected chi connectivity index (χ4v) is 9.30. The number of unbranched alkanes of at least 4 members (excludes halogenated alkanes) is 6. The molecule has 0 aromatic heterocycles. The largest absolute Gasteiger partial charge is 0.330 e. The highest BCUT2D eigenvalue weighted by atomic mass is 28.3. The third-order valence-corrected chi connectivity index (χ3v) is 10.8. The summed E-state index contributed by atoms with van der Waals surface area (Å²) < 4.78 is 0. The Kier molecular flexibility index (Phi) is 16.0. The van der Waals surface area contributed by atoms with Crippen molar-refractivity contribution in [1.82, 2.24) is 0 Å². The third kappa shape index (κ3) is 11.6. The van der Waals surface area contributed by atoms with Crippen LogP contribution in [-0.2, 0) is 0 Å². The summed E-state index contributed by atoms with van der Waals surface area (Å²) in [5, 5.41) is 0. The van der Waals surface area contributed by atoms with Crippen LogP contribution in [0.3, 0.4) is 0 Å². The number of hydrogen-bond donors (Lipinski definition) is 3. The van der Waals surface area contributed by atoms with Crippen molar-refractivity contribution < 1.29 is 0 Å². The molecule has 0 aromatic rings. The Bertz CT molecular complexity index is 193. The van der Waals surface area contributed by atoms with Crippen LogP contribution in [0.1, 0.15) is 71.1 Å². The van der Waals surface area contributed by atoms with E-state index in [0.29, 0.717) is 0 Å². The van der Waals surface area contributed by atoms with Gasteiger partial charge in [0.2, 0.25) is 0 Å². The molecule has 22 heavy (non-hydrogen) atoms. The fraction of sp³-hybridized carbons (Fsp3) is 1.00. The molecule has 0 aliphatic rings. The van der Waals surface area contributed by atoms with Crippen LogP contribution in [0.25, 0.3) is 0 Å². The van der Waals surface area contributed by atoms with Crippen molar-refractivity contribution in [2.45, 2.75) is 95.3 Å². The summed E-state index contributed by atoms with van der Waals surface area (Å²) in [7, 11) is -1.07. The van der Waals surface area contributed by atoms with Gasteiger partial charge in [-0.1, -0.05) is 76.0 Å². The van der Waals surface area contributed by atoms with E-state index >= 15 is 0 Å². The summed E-state index contributed by atoms with van der Waals surface area (Å²) in [5.74, 6) is 0. The van der Waals surface area contributed by atoms with Crippen molar-refractivity contribution >= 4 is 8.07 Å². The minimum Gasteiger partial charge on any atom is -0.330 e. The average molecular weight is 330 g/mol. The van der Waals surface area contributed by atoms with Gasteiger partial charge >= 0.3 is 0 Å². The van der Waals surface area contributed by atoms with Crippen LogP contribution >= 0.6 is 0 Å². The highest BCUT2D eigenvalue weighted by molar-refractivity contribution is 6.79. The van der Waals surface area contributed by atoms with E-state index in [0.717, 1.165) is 19.6 Å². The smallest absolute Gasteiger partial charge is 0.0535 e. The van der Waals surface area contributed by atoms with Gasteiger partial charge < -0.3 is 17.2 Å². The molecule has 3 nitrogen and oxygen atoms in total. The van der Waals surface area contributed by atoms with Crippen LogP contribution in [-0.4, -0.2) is 27.7 Å². The van der Waals surface area contributed by atoms with E-state index in [1.54, 1.807) is 0 Å². The van der Waals surface area contributed by atoms with E-state index in [4.69, 9.17) is 17.2 Å². The Morgan fingerprint density at radius 2 is 0.864 bits per heavy atom. The quantitative estimate of drug-likeness (QED) is 0.276. The monoisotopic (exact) mass is 329 g/mol. The molecule has 0 saturated heterocycles. The molecule has 0 fully saturated rings. The third-order valence-electron chi connectivity index (χ3n) is 5.01. The lowest BCUT2D eigenvalue weighted by Crippen LogP contribution is -2.33. The zero-order valence-corrected chi connectivity index (χ0v) is 16.3. The van der Waals surface area contributed by atoms with E-state index in [1.165, 1.54) is 88.4 Å². The second-order valence-corrected chi connectivity index (χ2v) is 12.0. The summed E-state index contributed by atoms with van der Waals surface area (Å²) in [5.41, 5.74) is 17.0. The zero-order valence-electron chi connectivity index (χ0n) is 15.3. The van der Waals surface area contributed by atoms with E-state index in [1.807, 2.05) is 0 Å².